The molecule has 0 rings (SSSR count). The molecule has 4 nitrogen and oxygen atoms in total. The maximum atomic E-state index is 10.0. The first-order chi connectivity index (χ1) is 4.68. The predicted octanol–water partition coefficient (Wildman–Crippen LogP) is 0.128. The Bertz CT molecular complexity index is 194. The van der Waals surface area contributed by atoms with Gasteiger partial charge in [0.2, 0.25) is 0 Å². The van der Waals surface area contributed by atoms with Gasteiger partial charge in [-0.25, -0.2) is 4.79 Å². The van der Waals surface area contributed by atoms with E-state index in [9.17, 15) is 4.79 Å². The summed E-state index contributed by atoms with van der Waals surface area (Å²) in [6, 6.07) is 0. The van der Waals surface area contributed by atoms with Crippen LogP contribution < -0.4 is 5.73 Å². The molecular weight excluding hydrogens is 132 g/mol. The van der Waals surface area contributed by atoms with E-state index in [0.717, 1.165) is 6.21 Å². The van der Waals surface area contributed by atoms with E-state index in [1.807, 2.05) is 0 Å². The lowest BCUT2D eigenvalue weighted by molar-refractivity contribution is -0.131. The van der Waals surface area contributed by atoms with Crippen molar-refractivity contribution in [3.05, 3.63) is 24.6 Å². The lowest BCUT2D eigenvalue weighted by atomic mass is 10.3. The molecule has 0 unspecified atom stereocenters. The van der Waals surface area contributed by atoms with E-state index < -0.39 is 5.97 Å². The van der Waals surface area contributed by atoms with Gasteiger partial charge in [-0.15, -0.1) is 0 Å². The molecule has 54 valence electrons. The molecule has 0 aromatic heterocycles. The molecule has 4 heteroatoms. The third-order valence-electron chi connectivity index (χ3n) is 0.677. The highest BCUT2D eigenvalue weighted by molar-refractivity contribution is 6.07. The Morgan fingerprint density at radius 1 is 1.70 bits per heavy atom. The highest BCUT2D eigenvalue weighted by atomic mass is 16.4. The number of nitrogens with two attached hydrogens (primary N) is 1. The van der Waals surface area contributed by atoms with Crippen molar-refractivity contribution in [3.63, 3.8) is 0 Å². The summed E-state index contributed by atoms with van der Waals surface area (Å²) in [5.74, 6) is -1.09. The largest absolute Gasteiger partial charge is 0.478 e. The molecule has 0 fully saturated rings. The van der Waals surface area contributed by atoms with Crippen LogP contribution in [0.25, 0.3) is 0 Å². The third kappa shape index (κ3) is 3.43. The van der Waals surface area contributed by atoms with Gasteiger partial charge in [-0.05, 0) is 0 Å². The molecular formula is C6H8N2O2. The standard InChI is InChI=1S/C6H8N2O2/c1-5(6(9)10)4-8-3-2-7/h2-4H,1,7H2,(H,9,10)/b3-2-,8-4-. The van der Waals surface area contributed by atoms with E-state index >= 15 is 0 Å². The Morgan fingerprint density at radius 3 is 2.70 bits per heavy atom. The lowest BCUT2D eigenvalue weighted by Gasteiger charge is -1.84. The van der Waals surface area contributed by atoms with Crippen LogP contribution in [-0.4, -0.2) is 17.3 Å². The number of rotatable bonds is 3. The minimum atomic E-state index is -1.09. The number of nitrogens with zero attached hydrogens (tertiary/aromatic N) is 1. The van der Waals surface area contributed by atoms with Crippen LogP contribution in [0.15, 0.2) is 29.5 Å². The van der Waals surface area contributed by atoms with E-state index in [0.29, 0.717) is 0 Å². The zero-order valence-corrected chi connectivity index (χ0v) is 5.32. The van der Waals surface area contributed by atoms with Crippen molar-refractivity contribution in [2.75, 3.05) is 0 Å². The Labute approximate surface area is 58.4 Å². The third-order valence-corrected chi connectivity index (χ3v) is 0.677. The van der Waals surface area contributed by atoms with E-state index in [1.165, 1.54) is 12.4 Å². The SMILES string of the molecule is C=C(/C=N\C=C/N)C(=O)O. The van der Waals surface area contributed by atoms with Crippen molar-refractivity contribution in [3.8, 4) is 0 Å². The fraction of sp³-hybridized carbons (Fsp3) is 0. The van der Waals surface area contributed by atoms with Gasteiger partial charge >= 0.3 is 5.97 Å². The normalized spacial score (nSPS) is 10.8. The average Bonchev–Trinajstić information content (AvgIpc) is 1.88. The van der Waals surface area contributed by atoms with Gasteiger partial charge < -0.3 is 10.8 Å². The highest BCUT2D eigenvalue weighted by Gasteiger charge is 1.96. The van der Waals surface area contributed by atoms with E-state index in [2.05, 4.69) is 11.6 Å². The van der Waals surface area contributed by atoms with Crippen LogP contribution in [0.1, 0.15) is 0 Å². The summed E-state index contributed by atoms with van der Waals surface area (Å²) < 4.78 is 0. The van der Waals surface area contributed by atoms with Crippen LogP contribution in [0.5, 0.6) is 0 Å². The Balaban J connectivity index is 3.90. The second-order valence-electron chi connectivity index (χ2n) is 1.45. The minimum absolute atomic E-state index is 0.0712. The van der Waals surface area contributed by atoms with Crippen molar-refractivity contribution in [1.82, 2.24) is 0 Å². The predicted molar refractivity (Wildman–Crippen MR) is 38.6 cm³/mol. The molecule has 0 atom stereocenters. The fourth-order valence-electron chi connectivity index (χ4n) is 0.238. The smallest absolute Gasteiger partial charge is 0.336 e. The number of aliphatic carboxylic acids is 1. The number of hydrogen-bond acceptors (Lipinski definition) is 3. The van der Waals surface area contributed by atoms with Crippen molar-refractivity contribution < 1.29 is 9.90 Å². The average molecular weight is 140 g/mol. The number of aliphatic imine (C=N–C) groups is 1. The summed E-state index contributed by atoms with van der Waals surface area (Å²) in [7, 11) is 0. The van der Waals surface area contributed by atoms with Crippen LogP contribution in [0.3, 0.4) is 0 Å². The number of carbonyl (C=O) groups is 1. The zero-order valence-electron chi connectivity index (χ0n) is 5.32. The van der Waals surface area contributed by atoms with Crippen molar-refractivity contribution in [1.29, 1.82) is 0 Å². The summed E-state index contributed by atoms with van der Waals surface area (Å²) in [4.78, 5) is 13.5. The van der Waals surface area contributed by atoms with Crippen LogP contribution in [0.4, 0.5) is 0 Å². The summed E-state index contributed by atoms with van der Waals surface area (Å²) in [5.41, 5.74) is 4.85. The summed E-state index contributed by atoms with van der Waals surface area (Å²) in [6.07, 6.45) is 3.59. The Hall–Kier alpha value is -1.58. The number of carboxylic acid groups (broad SMARTS) is 1. The van der Waals surface area contributed by atoms with E-state index in [1.54, 1.807) is 0 Å². The molecule has 0 spiro atoms. The molecule has 0 aromatic carbocycles. The molecule has 0 aromatic rings. The molecule has 3 N–H and O–H groups in total. The number of hydrogen-bond donors (Lipinski definition) is 2. The molecule has 0 radical (unpaired) electrons. The minimum Gasteiger partial charge on any atom is -0.478 e. The first-order valence-electron chi connectivity index (χ1n) is 2.50. The van der Waals surface area contributed by atoms with E-state index in [4.69, 9.17) is 10.8 Å². The molecule has 10 heavy (non-hydrogen) atoms. The highest BCUT2D eigenvalue weighted by Crippen LogP contribution is 1.83. The fourth-order valence-corrected chi connectivity index (χ4v) is 0.238. The molecule has 0 aliphatic carbocycles. The van der Waals surface area contributed by atoms with Crippen molar-refractivity contribution in [2.24, 2.45) is 10.7 Å². The van der Waals surface area contributed by atoms with Crippen LogP contribution in [-0.2, 0) is 4.79 Å². The second-order valence-corrected chi connectivity index (χ2v) is 1.45. The lowest BCUT2D eigenvalue weighted by Crippen LogP contribution is -1.98. The maximum absolute atomic E-state index is 10.0. The Morgan fingerprint density at radius 2 is 2.30 bits per heavy atom. The summed E-state index contributed by atoms with van der Waals surface area (Å²) in [5, 5.41) is 8.24. The summed E-state index contributed by atoms with van der Waals surface area (Å²) >= 11 is 0. The van der Waals surface area contributed by atoms with Gasteiger partial charge in [-0.2, -0.15) is 0 Å². The van der Waals surface area contributed by atoms with Gasteiger partial charge in [-0.1, -0.05) is 6.58 Å². The summed E-state index contributed by atoms with van der Waals surface area (Å²) in [6.45, 7) is 3.20. The van der Waals surface area contributed by atoms with Crippen molar-refractivity contribution in [2.45, 2.75) is 0 Å². The second kappa shape index (κ2) is 4.31. The van der Waals surface area contributed by atoms with Gasteiger partial charge in [-0.3, -0.25) is 4.99 Å². The van der Waals surface area contributed by atoms with E-state index in [-0.39, 0.29) is 5.57 Å². The molecule has 0 amide bonds. The van der Waals surface area contributed by atoms with Crippen LogP contribution in [0, 0.1) is 0 Å². The van der Waals surface area contributed by atoms with Crippen LogP contribution in [0.2, 0.25) is 0 Å². The number of carboxylic acids is 1. The first kappa shape index (κ1) is 8.42. The monoisotopic (exact) mass is 140 g/mol. The molecule has 0 saturated carbocycles. The first-order valence-corrected chi connectivity index (χ1v) is 2.50. The topological polar surface area (TPSA) is 75.7 Å². The molecule has 0 bridgehead atoms. The van der Waals surface area contributed by atoms with Gasteiger partial charge in [0, 0.05) is 18.6 Å². The van der Waals surface area contributed by atoms with Gasteiger partial charge in [0.25, 0.3) is 0 Å². The van der Waals surface area contributed by atoms with Crippen molar-refractivity contribution >= 4 is 12.2 Å². The van der Waals surface area contributed by atoms with Gasteiger partial charge in [0.05, 0.1) is 5.57 Å². The van der Waals surface area contributed by atoms with Crippen LogP contribution >= 0.6 is 0 Å². The molecule has 0 heterocycles. The molecule has 0 aliphatic rings. The van der Waals surface area contributed by atoms with Gasteiger partial charge in [0.15, 0.2) is 0 Å². The maximum Gasteiger partial charge on any atom is 0.336 e. The molecule has 0 aliphatic heterocycles. The van der Waals surface area contributed by atoms with Gasteiger partial charge in [0.1, 0.15) is 0 Å². The Kier molecular flexibility index (Phi) is 3.63. The zero-order chi connectivity index (χ0) is 7.98. The molecule has 0 saturated heterocycles. The quantitative estimate of drug-likeness (QED) is 0.432.